The summed E-state index contributed by atoms with van der Waals surface area (Å²) in [5.41, 5.74) is -0.238. The molecule has 186 valence electrons. The van der Waals surface area contributed by atoms with Crippen molar-refractivity contribution in [2.45, 2.75) is 48.6 Å². The molecule has 4 heterocycles. The van der Waals surface area contributed by atoms with Gasteiger partial charge >= 0.3 is 0 Å². The largest absolute Gasteiger partial charge is 0.385 e. The number of aliphatic hydroxyl groups is 1. The Kier molecular flexibility index (Phi) is 8.18. The van der Waals surface area contributed by atoms with Crippen molar-refractivity contribution in [3.05, 3.63) is 44.8 Å². The Labute approximate surface area is 213 Å². The molecule has 8 nitrogen and oxygen atoms in total. The molecular weight excluding hydrogens is 521 g/mol. The van der Waals surface area contributed by atoms with Gasteiger partial charge in [0, 0.05) is 43.6 Å². The van der Waals surface area contributed by atoms with Crippen LogP contribution >= 0.6 is 34.5 Å². The number of halogens is 2. The van der Waals surface area contributed by atoms with Crippen LogP contribution < -0.4 is 0 Å². The van der Waals surface area contributed by atoms with Gasteiger partial charge in [0.15, 0.2) is 0 Å². The zero-order chi connectivity index (χ0) is 24.3. The minimum absolute atomic E-state index is 0.0153. The number of hydrogen-bond acceptors (Lipinski definition) is 7. The van der Waals surface area contributed by atoms with Gasteiger partial charge < -0.3 is 14.7 Å². The summed E-state index contributed by atoms with van der Waals surface area (Å²) in [6.45, 7) is 1.17. The van der Waals surface area contributed by atoms with Crippen LogP contribution in [0.25, 0.3) is 0 Å². The van der Waals surface area contributed by atoms with Gasteiger partial charge in [-0.05, 0) is 37.8 Å². The first kappa shape index (κ1) is 25.8. The number of pyridine rings is 1. The van der Waals surface area contributed by atoms with Crippen LogP contribution in [-0.2, 0) is 25.2 Å². The topological polar surface area (TPSA) is 100 Å². The number of carbonyl (C=O) groups is 1. The summed E-state index contributed by atoms with van der Waals surface area (Å²) in [4.78, 5) is 18.4. The number of rotatable bonds is 7. The molecule has 0 radical (unpaired) electrons. The molecule has 0 aromatic carbocycles. The highest BCUT2D eigenvalue weighted by molar-refractivity contribution is 7.89. The van der Waals surface area contributed by atoms with Crippen LogP contribution in [0, 0.1) is 0 Å². The quantitative estimate of drug-likeness (QED) is 0.569. The number of aromatic nitrogens is 1. The van der Waals surface area contributed by atoms with E-state index >= 15 is 0 Å². The number of sulfonamides is 1. The first-order valence-electron chi connectivity index (χ1n) is 11.2. The van der Waals surface area contributed by atoms with Crippen LogP contribution in [0.5, 0.6) is 0 Å². The predicted octanol–water partition coefficient (Wildman–Crippen LogP) is 3.52. The molecule has 2 fully saturated rings. The first-order valence-corrected chi connectivity index (χ1v) is 14.2. The van der Waals surface area contributed by atoms with Crippen LogP contribution in [0.1, 0.15) is 37.7 Å². The smallest absolute Gasteiger partial charge is 0.248 e. The van der Waals surface area contributed by atoms with Gasteiger partial charge in [-0.15, -0.1) is 11.3 Å². The highest BCUT2D eigenvalue weighted by Gasteiger charge is 2.37. The van der Waals surface area contributed by atoms with E-state index < -0.39 is 15.6 Å². The lowest BCUT2D eigenvalue weighted by Gasteiger charge is -2.38. The van der Waals surface area contributed by atoms with Gasteiger partial charge in [0.2, 0.25) is 15.9 Å². The van der Waals surface area contributed by atoms with Crippen molar-refractivity contribution in [2.24, 2.45) is 0 Å². The monoisotopic (exact) mass is 547 g/mol. The number of amides is 1. The maximum absolute atomic E-state index is 13.2. The van der Waals surface area contributed by atoms with E-state index in [1.54, 1.807) is 23.4 Å². The average molecular weight is 549 g/mol. The van der Waals surface area contributed by atoms with Crippen LogP contribution in [0.15, 0.2) is 35.5 Å². The lowest BCUT2D eigenvalue weighted by Crippen LogP contribution is -2.48. The van der Waals surface area contributed by atoms with E-state index in [2.05, 4.69) is 4.98 Å². The van der Waals surface area contributed by atoms with Crippen LogP contribution in [0.3, 0.4) is 0 Å². The van der Waals surface area contributed by atoms with E-state index in [1.165, 1.54) is 10.4 Å². The van der Waals surface area contributed by atoms with E-state index in [1.807, 2.05) is 6.07 Å². The maximum atomic E-state index is 13.2. The third-order valence-electron chi connectivity index (χ3n) is 6.46. The third-order valence-corrected chi connectivity index (χ3v) is 10.2. The van der Waals surface area contributed by atoms with E-state index in [9.17, 15) is 18.3 Å². The number of piperidine rings is 2. The van der Waals surface area contributed by atoms with E-state index in [4.69, 9.17) is 27.9 Å². The Morgan fingerprint density at radius 2 is 2.03 bits per heavy atom. The molecule has 1 unspecified atom stereocenters. The maximum Gasteiger partial charge on any atom is 0.248 e. The van der Waals surface area contributed by atoms with E-state index in [0.29, 0.717) is 43.2 Å². The van der Waals surface area contributed by atoms with Crippen molar-refractivity contribution in [1.29, 1.82) is 0 Å². The SMILES string of the molecule is O=C(COCC1CCCCN1S(=O)(=O)c1cc(Cl)sc1Cl)N1CCC(O)(c2cccnc2)CC1. The van der Waals surface area contributed by atoms with Crippen molar-refractivity contribution < 1.29 is 23.1 Å². The highest BCUT2D eigenvalue weighted by atomic mass is 35.5. The molecule has 2 aromatic heterocycles. The molecule has 0 aliphatic carbocycles. The lowest BCUT2D eigenvalue weighted by molar-refractivity contribution is -0.141. The Bertz CT molecular complexity index is 1100. The number of carbonyl (C=O) groups excluding carboxylic acids is 1. The van der Waals surface area contributed by atoms with E-state index in [-0.39, 0.29) is 34.4 Å². The first-order chi connectivity index (χ1) is 16.2. The molecule has 12 heteroatoms. The number of likely N-dealkylation sites (tertiary alicyclic amines) is 1. The fourth-order valence-corrected chi connectivity index (χ4v) is 8.30. The van der Waals surface area contributed by atoms with Crippen molar-refractivity contribution in [1.82, 2.24) is 14.2 Å². The zero-order valence-corrected chi connectivity index (χ0v) is 21.7. The molecule has 2 saturated heterocycles. The summed E-state index contributed by atoms with van der Waals surface area (Å²) in [5.74, 6) is -0.175. The Hall–Kier alpha value is -1.27. The third kappa shape index (κ3) is 5.59. The minimum Gasteiger partial charge on any atom is -0.385 e. The lowest BCUT2D eigenvalue weighted by atomic mass is 9.85. The van der Waals surface area contributed by atoms with Crippen molar-refractivity contribution in [2.75, 3.05) is 32.8 Å². The molecule has 0 saturated carbocycles. The fourth-order valence-electron chi connectivity index (χ4n) is 4.51. The number of thiophene rings is 1. The molecule has 4 rings (SSSR count). The van der Waals surface area contributed by atoms with Crippen LogP contribution in [0.2, 0.25) is 8.67 Å². The van der Waals surface area contributed by atoms with Gasteiger partial charge in [-0.2, -0.15) is 4.31 Å². The summed E-state index contributed by atoms with van der Waals surface area (Å²) in [5, 5.41) is 10.9. The second-order valence-corrected chi connectivity index (χ2v) is 12.8. The predicted molar refractivity (Wildman–Crippen MR) is 131 cm³/mol. The number of nitrogens with zero attached hydrogens (tertiary/aromatic N) is 3. The van der Waals surface area contributed by atoms with Crippen molar-refractivity contribution in [3.8, 4) is 0 Å². The van der Waals surface area contributed by atoms with Gasteiger partial charge in [0.25, 0.3) is 0 Å². The Balaban J connectivity index is 1.31. The van der Waals surface area contributed by atoms with Crippen molar-refractivity contribution in [3.63, 3.8) is 0 Å². The summed E-state index contributed by atoms with van der Waals surface area (Å²) in [7, 11) is -3.81. The normalized spacial score (nSPS) is 21.5. The van der Waals surface area contributed by atoms with Gasteiger partial charge in [-0.3, -0.25) is 9.78 Å². The molecular formula is C22H27Cl2N3O5S2. The van der Waals surface area contributed by atoms with Gasteiger partial charge in [-0.1, -0.05) is 35.7 Å². The second kappa shape index (κ2) is 10.8. The molecule has 1 atom stereocenters. The summed E-state index contributed by atoms with van der Waals surface area (Å²) in [6.07, 6.45) is 6.42. The minimum atomic E-state index is -3.81. The molecule has 2 aliphatic heterocycles. The number of hydrogen-bond donors (Lipinski definition) is 1. The Morgan fingerprint density at radius 3 is 2.68 bits per heavy atom. The van der Waals surface area contributed by atoms with E-state index in [0.717, 1.165) is 29.7 Å². The molecule has 1 amide bonds. The standard InChI is InChI=1S/C22H27Cl2N3O5S2/c23-19-12-18(21(24)33-19)34(30,31)27-9-2-1-5-17(27)14-32-15-20(28)26-10-6-22(29,7-11-26)16-4-3-8-25-13-16/h3-4,8,12-13,17,29H,1-2,5-7,9-11,14-15H2. The van der Waals surface area contributed by atoms with Crippen LogP contribution in [0.4, 0.5) is 0 Å². The molecule has 2 aliphatic rings. The van der Waals surface area contributed by atoms with Gasteiger partial charge in [0.1, 0.15) is 15.8 Å². The second-order valence-electron chi connectivity index (χ2n) is 8.62. The molecule has 0 bridgehead atoms. The highest BCUT2D eigenvalue weighted by Crippen LogP contribution is 2.37. The summed E-state index contributed by atoms with van der Waals surface area (Å²) in [6, 6.07) is 4.63. The molecule has 1 N–H and O–H groups in total. The summed E-state index contributed by atoms with van der Waals surface area (Å²) < 4.78 is 33.9. The Morgan fingerprint density at radius 1 is 1.26 bits per heavy atom. The fraction of sp³-hybridized carbons (Fsp3) is 0.545. The zero-order valence-electron chi connectivity index (χ0n) is 18.5. The molecule has 0 spiro atoms. The summed E-state index contributed by atoms with van der Waals surface area (Å²) >= 11 is 13.1. The van der Waals surface area contributed by atoms with Crippen LogP contribution in [-0.4, -0.2) is 72.5 Å². The molecule has 34 heavy (non-hydrogen) atoms. The average Bonchev–Trinajstić information content (AvgIpc) is 3.19. The van der Waals surface area contributed by atoms with Gasteiger partial charge in [-0.25, -0.2) is 8.42 Å². The number of ether oxygens (including phenoxy) is 1. The van der Waals surface area contributed by atoms with Crippen molar-refractivity contribution >= 4 is 50.5 Å². The molecule has 2 aromatic rings. The van der Waals surface area contributed by atoms with Gasteiger partial charge in [0.05, 0.1) is 16.5 Å².